The number of benzene rings is 3. The van der Waals surface area contributed by atoms with Crippen molar-refractivity contribution >= 4 is 41.1 Å². The molecule has 0 unspecified atom stereocenters. The van der Waals surface area contributed by atoms with Crippen molar-refractivity contribution in [3.8, 4) is 11.3 Å². The van der Waals surface area contributed by atoms with Crippen molar-refractivity contribution in [3.05, 3.63) is 124 Å². The molecule has 0 spiro atoms. The Morgan fingerprint density at radius 2 is 1.56 bits per heavy atom. The summed E-state index contributed by atoms with van der Waals surface area (Å²) >= 11 is 12.3. The average molecular weight is 491 g/mol. The predicted molar refractivity (Wildman–Crippen MR) is 134 cm³/mol. The van der Waals surface area contributed by atoms with Crippen LogP contribution in [0.3, 0.4) is 0 Å². The van der Waals surface area contributed by atoms with Crippen LogP contribution >= 0.6 is 23.2 Å². The van der Waals surface area contributed by atoms with E-state index in [0.29, 0.717) is 39.2 Å². The van der Waals surface area contributed by atoms with Gasteiger partial charge in [0, 0.05) is 28.8 Å². The van der Waals surface area contributed by atoms with Gasteiger partial charge in [0.15, 0.2) is 0 Å². The van der Waals surface area contributed by atoms with Crippen LogP contribution in [0.1, 0.15) is 21.7 Å². The first-order valence-electron chi connectivity index (χ1n) is 10.4. The molecule has 4 rings (SSSR count). The molecule has 0 bridgehead atoms. The minimum absolute atomic E-state index is 0.0490. The van der Waals surface area contributed by atoms with Gasteiger partial charge in [0.1, 0.15) is 17.2 Å². The number of halogens is 2. The van der Waals surface area contributed by atoms with Gasteiger partial charge in [-0.05, 0) is 48.0 Å². The predicted octanol–water partition coefficient (Wildman–Crippen LogP) is 6.34. The summed E-state index contributed by atoms with van der Waals surface area (Å²) in [5.41, 5.74) is 2.07. The number of furan rings is 1. The third-order valence-corrected chi connectivity index (χ3v) is 5.48. The Bertz CT molecular complexity index is 1330. The first-order chi connectivity index (χ1) is 16.5. The van der Waals surface area contributed by atoms with E-state index in [1.807, 2.05) is 36.4 Å². The molecule has 34 heavy (non-hydrogen) atoms. The van der Waals surface area contributed by atoms with Crippen LogP contribution in [0.5, 0.6) is 0 Å². The molecule has 0 saturated heterocycles. The summed E-state index contributed by atoms with van der Waals surface area (Å²) in [6.07, 6.45) is 1.48. The average Bonchev–Trinajstić information content (AvgIpc) is 3.31. The van der Waals surface area contributed by atoms with Crippen molar-refractivity contribution in [1.82, 2.24) is 10.6 Å². The van der Waals surface area contributed by atoms with Crippen molar-refractivity contribution in [2.24, 2.45) is 0 Å². The van der Waals surface area contributed by atoms with E-state index in [4.69, 9.17) is 27.6 Å². The molecule has 2 N–H and O–H groups in total. The monoisotopic (exact) mass is 490 g/mol. The lowest BCUT2D eigenvalue weighted by molar-refractivity contribution is -0.117. The molecular formula is C27H20Cl2N2O3. The van der Waals surface area contributed by atoms with Gasteiger partial charge in [0.2, 0.25) is 0 Å². The quantitative estimate of drug-likeness (QED) is 0.297. The maximum Gasteiger partial charge on any atom is 0.268 e. The fourth-order valence-corrected chi connectivity index (χ4v) is 3.72. The summed E-state index contributed by atoms with van der Waals surface area (Å²) in [5, 5.41) is 6.48. The number of rotatable bonds is 7. The molecule has 0 fully saturated rings. The number of carbonyl (C=O) groups excluding carboxylic acids is 2. The van der Waals surface area contributed by atoms with Gasteiger partial charge < -0.3 is 15.1 Å². The topological polar surface area (TPSA) is 71.3 Å². The Balaban J connectivity index is 1.59. The van der Waals surface area contributed by atoms with Crippen molar-refractivity contribution in [3.63, 3.8) is 0 Å². The molecule has 0 radical (unpaired) electrons. The maximum atomic E-state index is 13.0. The summed E-state index contributed by atoms with van der Waals surface area (Å²) in [4.78, 5) is 25.7. The Kier molecular flexibility index (Phi) is 7.48. The van der Waals surface area contributed by atoms with Gasteiger partial charge >= 0.3 is 0 Å². The fourth-order valence-electron chi connectivity index (χ4n) is 3.22. The summed E-state index contributed by atoms with van der Waals surface area (Å²) in [5.74, 6) is 0.0235. The molecule has 4 aromatic rings. The van der Waals surface area contributed by atoms with Crippen LogP contribution in [0, 0.1) is 0 Å². The second kappa shape index (κ2) is 10.9. The molecule has 0 aliphatic heterocycles. The van der Waals surface area contributed by atoms with Crippen LogP contribution in [0.2, 0.25) is 10.0 Å². The largest absolute Gasteiger partial charge is 0.457 e. The number of nitrogens with one attached hydrogen (secondary N) is 2. The molecule has 7 heteroatoms. The Labute approximate surface area is 207 Å². The smallest absolute Gasteiger partial charge is 0.268 e. The zero-order valence-electron chi connectivity index (χ0n) is 17.9. The van der Waals surface area contributed by atoms with Crippen LogP contribution in [-0.2, 0) is 11.3 Å². The van der Waals surface area contributed by atoms with E-state index >= 15 is 0 Å². The van der Waals surface area contributed by atoms with Crippen LogP contribution in [0.4, 0.5) is 0 Å². The van der Waals surface area contributed by atoms with E-state index in [1.165, 1.54) is 6.08 Å². The van der Waals surface area contributed by atoms with E-state index in [2.05, 4.69) is 10.6 Å². The molecule has 0 atom stereocenters. The van der Waals surface area contributed by atoms with Crippen molar-refractivity contribution in [2.75, 3.05) is 0 Å². The van der Waals surface area contributed by atoms with Gasteiger partial charge in [-0.15, -0.1) is 0 Å². The lowest BCUT2D eigenvalue weighted by Gasteiger charge is -2.11. The third-order valence-electron chi connectivity index (χ3n) is 4.93. The van der Waals surface area contributed by atoms with E-state index < -0.39 is 11.8 Å². The zero-order chi connectivity index (χ0) is 23.9. The summed E-state index contributed by atoms with van der Waals surface area (Å²) < 4.78 is 5.89. The van der Waals surface area contributed by atoms with E-state index in [9.17, 15) is 9.59 Å². The highest BCUT2D eigenvalue weighted by atomic mass is 35.5. The van der Waals surface area contributed by atoms with Crippen LogP contribution < -0.4 is 10.6 Å². The number of hydrogen-bond donors (Lipinski definition) is 2. The molecular weight excluding hydrogens is 471 g/mol. The van der Waals surface area contributed by atoms with Crippen LogP contribution in [0.25, 0.3) is 17.4 Å². The number of carbonyl (C=O) groups is 2. The first-order valence-corrected chi connectivity index (χ1v) is 11.2. The van der Waals surface area contributed by atoms with E-state index in [-0.39, 0.29) is 5.70 Å². The maximum absolute atomic E-state index is 13.0. The lowest BCUT2D eigenvalue weighted by atomic mass is 10.2. The van der Waals surface area contributed by atoms with Gasteiger partial charge in [-0.1, -0.05) is 71.7 Å². The molecule has 0 aliphatic rings. The first kappa shape index (κ1) is 23.4. The Morgan fingerprint density at radius 1 is 0.853 bits per heavy atom. The molecule has 2 amide bonds. The second-order valence-electron chi connectivity index (χ2n) is 7.37. The van der Waals surface area contributed by atoms with Gasteiger partial charge in [0.25, 0.3) is 11.8 Å². The highest BCUT2D eigenvalue weighted by Crippen LogP contribution is 2.32. The minimum atomic E-state index is -0.449. The number of hydrogen-bond acceptors (Lipinski definition) is 3. The fraction of sp³-hybridized carbons (Fsp3) is 0.0370. The molecule has 170 valence electrons. The second-order valence-corrected chi connectivity index (χ2v) is 8.22. The van der Waals surface area contributed by atoms with Crippen LogP contribution in [0.15, 0.2) is 101 Å². The molecule has 3 aromatic carbocycles. The van der Waals surface area contributed by atoms with Gasteiger partial charge in [-0.2, -0.15) is 0 Å². The third kappa shape index (κ3) is 5.95. The highest BCUT2D eigenvalue weighted by molar-refractivity contribution is 6.36. The minimum Gasteiger partial charge on any atom is -0.457 e. The van der Waals surface area contributed by atoms with Gasteiger partial charge in [0.05, 0.1) is 5.02 Å². The zero-order valence-corrected chi connectivity index (χ0v) is 19.4. The van der Waals surface area contributed by atoms with Crippen LogP contribution in [-0.4, -0.2) is 11.8 Å². The van der Waals surface area contributed by atoms with Crippen molar-refractivity contribution in [1.29, 1.82) is 0 Å². The molecule has 5 nitrogen and oxygen atoms in total. The molecule has 1 aromatic heterocycles. The highest BCUT2D eigenvalue weighted by Gasteiger charge is 2.16. The van der Waals surface area contributed by atoms with E-state index in [0.717, 1.165) is 5.56 Å². The number of amides is 2. The van der Waals surface area contributed by atoms with Crippen molar-refractivity contribution in [2.45, 2.75) is 6.54 Å². The SMILES string of the molecule is O=C(NCc1ccccc1)C(=Cc1ccc(-c2ccc(Cl)cc2Cl)o1)NC(=O)c1ccccc1. The standard InChI is InChI=1S/C27H20Cl2N2O3/c28-20-11-13-22(23(29)15-20)25-14-12-21(34-25)16-24(31-26(32)19-9-5-2-6-10-19)27(33)30-17-18-7-3-1-4-8-18/h1-16H,17H2,(H,30,33)(H,31,32). The molecule has 0 saturated carbocycles. The Morgan fingerprint density at radius 3 is 2.26 bits per heavy atom. The summed E-state index contributed by atoms with van der Waals surface area (Å²) in [6, 6.07) is 26.7. The summed E-state index contributed by atoms with van der Waals surface area (Å²) in [6.45, 7) is 0.308. The Hall–Kier alpha value is -3.80. The molecule has 1 heterocycles. The van der Waals surface area contributed by atoms with Gasteiger partial charge in [-0.3, -0.25) is 9.59 Å². The summed E-state index contributed by atoms with van der Waals surface area (Å²) in [7, 11) is 0. The normalized spacial score (nSPS) is 11.2. The van der Waals surface area contributed by atoms with E-state index in [1.54, 1.807) is 54.6 Å². The van der Waals surface area contributed by atoms with Gasteiger partial charge in [-0.25, -0.2) is 0 Å². The molecule has 0 aliphatic carbocycles. The lowest BCUT2D eigenvalue weighted by Crippen LogP contribution is -2.34. The van der Waals surface area contributed by atoms with Crippen molar-refractivity contribution < 1.29 is 14.0 Å².